The van der Waals surface area contributed by atoms with Gasteiger partial charge in [-0.15, -0.1) is 0 Å². The summed E-state index contributed by atoms with van der Waals surface area (Å²) in [6.45, 7) is 0.168. The Morgan fingerprint density at radius 2 is 1.52 bits per heavy atom. The van der Waals surface area contributed by atoms with Gasteiger partial charge in [0.1, 0.15) is 5.75 Å². The van der Waals surface area contributed by atoms with E-state index in [1.807, 2.05) is 0 Å². The molecular weight excluding hydrogens is 394 g/mol. The monoisotopic (exact) mass is 408 g/mol. The number of benzene rings is 2. The molecule has 0 saturated heterocycles. The topological polar surface area (TPSA) is 33.3 Å². The summed E-state index contributed by atoms with van der Waals surface area (Å²) < 4.78 is 82.4. The van der Waals surface area contributed by atoms with Crippen molar-refractivity contribution in [3.63, 3.8) is 0 Å². The van der Waals surface area contributed by atoms with Crippen molar-refractivity contribution in [1.82, 2.24) is 5.32 Å². The van der Waals surface area contributed by atoms with Gasteiger partial charge in [-0.2, -0.15) is 26.3 Å². The summed E-state index contributed by atoms with van der Waals surface area (Å²) in [6.07, 6.45) is -9.85. The number of anilines is 1. The summed E-state index contributed by atoms with van der Waals surface area (Å²) in [6, 6.07) is 8.12. The summed E-state index contributed by atoms with van der Waals surface area (Å²) >= 11 is 4.96. The first-order valence-corrected chi connectivity index (χ1v) is 7.88. The summed E-state index contributed by atoms with van der Waals surface area (Å²) in [7, 11) is 1.47. The van der Waals surface area contributed by atoms with Gasteiger partial charge in [0.2, 0.25) is 0 Å². The second kappa shape index (κ2) is 8.03. The van der Waals surface area contributed by atoms with Crippen LogP contribution in [0, 0.1) is 0 Å². The third-order valence-electron chi connectivity index (χ3n) is 3.48. The van der Waals surface area contributed by atoms with Crippen LogP contribution in [0.3, 0.4) is 0 Å². The molecule has 0 radical (unpaired) electrons. The molecule has 0 amide bonds. The van der Waals surface area contributed by atoms with E-state index in [0.29, 0.717) is 23.4 Å². The molecule has 0 atom stereocenters. The van der Waals surface area contributed by atoms with Gasteiger partial charge in [-0.25, -0.2) is 0 Å². The third-order valence-corrected chi connectivity index (χ3v) is 3.72. The standard InChI is InChI=1S/C17H14F6N2OS/c1-26-14-5-3-2-4-10(14)9-24-15(27)25-13-7-11(16(18,19)20)6-12(8-13)17(21,22)23/h2-8H,9H2,1H3,(H2,24,25,27). The van der Waals surface area contributed by atoms with Gasteiger partial charge in [0.25, 0.3) is 0 Å². The van der Waals surface area contributed by atoms with E-state index in [4.69, 9.17) is 17.0 Å². The largest absolute Gasteiger partial charge is 0.496 e. The van der Waals surface area contributed by atoms with Crippen molar-refractivity contribution in [3.8, 4) is 5.75 Å². The zero-order valence-electron chi connectivity index (χ0n) is 13.8. The Kier molecular flexibility index (Phi) is 6.19. The summed E-state index contributed by atoms with van der Waals surface area (Å²) in [5.41, 5.74) is -2.56. The van der Waals surface area contributed by atoms with Gasteiger partial charge in [0, 0.05) is 17.8 Å². The van der Waals surface area contributed by atoms with Crippen LogP contribution < -0.4 is 15.4 Å². The van der Waals surface area contributed by atoms with Gasteiger partial charge in [-0.05, 0) is 36.5 Å². The van der Waals surface area contributed by atoms with Crippen molar-refractivity contribution in [2.45, 2.75) is 18.9 Å². The molecule has 0 saturated carbocycles. The van der Waals surface area contributed by atoms with E-state index in [-0.39, 0.29) is 17.7 Å². The van der Waals surface area contributed by atoms with E-state index < -0.39 is 29.2 Å². The van der Waals surface area contributed by atoms with Crippen LogP contribution in [0.2, 0.25) is 0 Å². The van der Waals surface area contributed by atoms with Crippen LogP contribution >= 0.6 is 12.2 Å². The fourth-order valence-corrected chi connectivity index (χ4v) is 2.42. The van der Waals surface area contributed by atoms with Crippen LogP contribution in [0.1, 0.15) is 16.7 Å². The number of ether oxygens (including phenoxy) is 1. The fraction of sp³-hybridized carbons (Fsp3) is 0.235. The van der Waals surface area contributed by atoms with Crippen LogP contribution in [0.4, 0.5) is 32.0 Å². The maximum absolute atomic E-state index is 12.9. The number of hydrogen-bond acceptors (Lipinski definition) is 2. The number of halogens is 6. The molecule has 0 spiro atoms. The minimum atomic E-state index is -4.93. The molecule has 0 fully saturated rings. The minimum Gasteiger partial charge on any atom is -0.496 e. The molecule has 0 bridgehead atoms. The van der Waals surface area contributed by atoms with Crippen molar-refractivity contribution in [2.24, 2.45) is 0 Å². The average molecular weight is 408 g/mol. The van der Waals surface area contributed by atoms with Gasteiger partial charge in [0.15, 0.2) is 5.11 Å². The van der Waals surface area contributed by atoms with Crippen LogP contribution in [-0.2, 0) is 18.9 Å². The number of para-hydroxylation sites is 1. The SMILES string of the molecule is COc1ccccc1CNC(=S)Nc1cc(C(F)(F)F)cc(C(F)(F)F)c1. The molecule has 0 aliphatic carbocycles. The first-order valence-electron chi connectivity index (χ1n) is 7.47. The first kappa shape index (κ1) is 20.8. The van der Waals surface area contributed by atoms with Crippen molar-refractivity contribution in [1.29, 1.82) is 0 Å². The number of thiocarbonyl (C=S) groups is 1. The van der Waals surface area contributed by atoms with E-state index in [1.165, 1.54) is 7.11 Å². The van der Waals surface area contributed by atoms with E-state index in [9.17, 15) is 26.3 Å². The highest BCUT2D eigenvalue weighted by Crippen LogP contribution is 2.37. The number of rotatable bonds is 4. The van der Waals surface area contributed by atoms with Crippen molar-refractivity contribution in [3.05, 3.63) is 59.2 Å². The summed E-state index contributed by atoms with van der Waals surface area (Å²) in [5, 5.41) is 4.94. The van der Waals surface area contributed by atoms with E-state index in [0.717, 1.165) is 0 Å². The molecule has 0 unspecified atom stereocenters. The fourth-order valence-electron chi connectivity index (χ4n) is 2.23. The van der Waals surface area contributed by atoms with Gasteiger partial charge < -0.3 is 15.4 Å². The molecule has 2 rings (SSSR count). The second-order valence-corrected chi connectivity index (χ2v) is 5.82. The number of nitrogens with one attached hydrogen (secondary N) is 2. The lowest BCUT2D eigenvalue weighted by molar-refractivity contribution is -0.143. The summed E-state index contributed by atoms with van der Waals surface area (Å²) in [5.74, 6) is 0.561. The molecule has 146 valence electrons. The predicted octanol–water partition coefficient (Wildman–Crippen LogP) is 5.22. The normalized spacial score (nSPS) is 11.8. The first-order chi connectivity index (χ1) is 12.5. The van der Waals surface area contributed by atoms with Crippen LogP contribution in [0.15, 0.2) is 42.5 Å². The van der Waals surface area contributed by atoms with Crippen molar-refractivity contribution >= 4 is 23.0 Å². The highest BCUT2D eigenvalue weighted by Gasteiger charge is 2.37. The van der Waals surface area contributed by atoms with Crippen molar-refractivity contribution in [2.75, 3.05) is 12.4 Å². The Balaban J connectivity index is 2.17. The van der Waals surface area contributed by atoms with Gasteiger partial charge in [-0.1, -0.05) is 18.2 Å². The lowest BCUT2D eigenvalue weighted by Gasteiger charge is -2.16. The smallest absolute Gasteiger partial charge is 0.416 e. The average Bonchev–Trinajstić information content (AvgIpc) is 2.58. The highest BCUT2D eigenvalue weighted by atomic mass is 32.1. The third kappa shape index (κ3) is 5.75. The Labute approximate surface area is 156 Å². The zero-order chi connectivity index (χ0) is 20.2. The molecule has 0 aliphatic heterocycles. The minimum absolute atomic E-state index is 0.0521. The molecule has 3 nitrogen and oxygen atoms in total. The number of alkyl halides is 6. The van der Waals surface area contributed by atoms with Gasteiger partial charge in [0.05, 0.1) is 18.2 Å². The van der Waals surface area contributed by atoms with Gasteiger partial charge >= 0.3 is 12.4 Å². The van der Waals surface area contributed by atoms with E-state index in [1.54, 1.807) is 24.3 Å². The second-order valence-electron chi connectivity index (χ2n) is 5.41. The molecular formula is C17H14F6N2OS. The van der Waals surface area contributed by atoms with Crippen molar-refractivity contribution < 1.29 is 31.1 Å². The van der Waals surface area contributed by atoms with E-state index in [2.05, 4.69) is 10.6 Å². The Morgan fingerprint density at radius 1 is 0.963 bits per heavy atom. The molecule has 2 N–H and O–H groups in total. The van der Waals surface area contributed by atoms with Gasteiger partial charge in [-0.3, -0.25) is 0 Å². The molecule has 2 aromatic rings. The Morgan fingerprint density at radius 3 is 2.04 bits per heavy atom. The highest BCUT2D eigenvalue weighted by molar-refractivity contribution is 7.80. The quantitative estimate of drug-likeness (QED) is 0.537. The van der Waals surface area contributed by atoms with Crippen LogP contribution in [-0.4, -0.2) is 12.2 Å². The number of methoxy groups -OCH3 is 1. The maximum Gasteiger partial charge on any atom is 0.416 e. The molecule has 0 aromatic heterocycles. The molecule has 2 aromatic carbocycles. The lowest BCUT2D eigenvalue weighted by atomic mass is 10.1. The molecule has 0 aliphatic rings. The molecule has 27 heavy (non-hydrogen) atoms. The predicted molar refractivity (Wildman–Crippen MR) is 92.5 cm³/mol. The Bertz CT molecular complexity index is 788. The lowest BCUT2D eigenvalue weighted by Crippen LogP contribution is -2.28. The molecule has 10 heteroatoms. The van der Waals surface area contributed by atoms with E-state index >= 15 is 0 Å². The maximum atomic E-state index is 12.9. The zero-order valence-corrected chi connectivity index (χ0v) is 14.6. The van der Waals surface area contributed by atoms with Crippen LogP contribution in [0.25, 0.3) is 0 Å². The molecule has 0 heterocycles. The number of hydrogen-bond donors (Lipinski definition) is 2. The Hall–Kier alpha value is -2.49. The van der Waals surface area contributed by atoms with Crippen LogP contribution in [0.5, 0.6) is 5.75 Å². The summed E-state index contributed by atoms with van der Waals surface area (Å²) in [4.78, 5) is 0.